The number of amides is 1. The van der Waals surface area contributed by atoms with E-state index in [9.17, 15) is 4.79 Å². The maximum Gasteiger partial charge on any atom is 0.224 e. The van der Waals surface area contributed by atoms with Crippen molar-refractivity contribution < 1.29 is 14.3 Å². The molecule has 1 amide bonds. The van der Waals surface area contributed by atoms with Crippen LogP contribution >= 0.6 is 12.4 Å². The van der Waals surface area contributed by atoms with Gasteiger partial charge in [0.1, 0.15) is 13.2 Å². The summed E-state index contributed by atoms with van der Waals surface area (Å²) in [5.41, 5.74) is 0.705. The van der Waals surface area contributed by atoms with Gasteiger partial charge in [-0.2, -0.15) is 0 Å². The molecule has 6 heteroatoms. The van der Waals surface area contributed by atoms with E-state index in [0.29, 0.717) is 48.7 Å². The zero-order valence-corrected chi connectivity index (χ0v) is 14.3. The molecule has 1 saturated heterocycles. The standard InChI is InChI=1S/C17H24N2O3.ClH/c1-12(13-4-3-7-18-11-13)10-16(20)19-14-5-2-6-15-17(14)22-9-8-21-15;/h2,5-6,12-13,18H,3-4,7-11H2,1H3,(H,19,20);1H. The van der Waals surface area contributed by atoms with Crippen molar-refractivity contribution in [1.82, 2.24) is 5.32 Å². The first kappa shape index (κ1) is 17.9. The predicted molar refractivity (Wildman–Crippen MR) is 92.7 cm³/mol. The van der Waals surface area contributed by atoms with Crippen molar-refractivity contribution in [2.75, 3.05) is 31.6 Å². The molecule has 128 valence electrons. The molecular weight excluding hydrogens is 316 g/mol. The Bertz CT molecular complexity index is 533. The van der Waals surface area contributed by atoms with E-state index in [2.05, 4.69) is 17.6 Å². The van der Waals surface area contributed by atoms with Gasteiger partial charge in [0.2, 0.25) is 5.91 Å². The normalized spacial score (nSPS) is 21.0. The van der Waals surface area contributed by atoms with Gasteiger partial charge in [-0.1, -0.05) is 13.0 Å². The van der Waals surface area contributed by atoms with Crippen LogP contribution in [0.3, 0.4) is 0 Å². The first-order valence-corrected chi connectivity index (χ1v) is 8.13. The molecule has 0 saturated carbocycles. The zero-order valence-electron chi connectivity index (χ0n) is 13.5. The Morgan fingerprint density at radius 1 is 1.39 bits per heavy atom. The highest BCUT2D eigenvalue weighted by atomic mass is 35.5. The summed E-state index contributed by atoms with van der Waals surface area (Å²) in [6, 6.07) is 5.59. The minimum Gasteiger partial charge on any atom is -0.486 e. The Balaban J connectivity index is 0.00000192. The number of hydrogen-bond acceptors (Lipinski definition) is 4. The van der Waals surface area contributed by atoms with Crippen LogP contribution in [0.25, 0.3) is 0 Å². The van der Waals surface area contributed by atoms with Crippen molar-refractivity contribution >= 4 is 24.0 Å². The number of hydrogen-bond donors (Lipinski definition) is 2. The van der Waals surface area contributed by atoms with Crippen LogP contribution in [0.1, 0.15) is 26.2 Å². The summed E-state index contributed by atoms with van der Waals surface area (Å²) in [5.74, 6) is 2.36. The van der Waals surface area contributed by atoms with Crippen LogP contribution in [0.5, 0.6) is 11.5 Å². The van der Waals surface area contributed by atoms with Gasteiger partial charge in [0.25, 0.3) is 0 Å². The van der Waals surface area contributed by atoms with Crippen LogP contribution in [0, 0.1) is 11.8 Å². The summed E-state index contributed by atoms with van der Waals surface area (Å²) < 4.78 is 11.2. The number of para-hydroxylation sites is 1. The Morgan fingerprint density at radius 3 is 3.00 bits per heavy atom. The highest BCUT2D eigenvalue weighted by Gasteiger charge is 2.23. The van der Waals surface area contributed by atoms with Crippen LogP contribution in [0.2, 0.25) is 0 Å². The van der Waals surface area contributed by atoms with Crippen LogP contribution in [-0.2, 0) is 4.79 Å². The van der Waals surface area contributed by atoms with E-state index >= 15 is 0 Å². The number of fused-ring (bicyclic) bond motifs is 1. The third-order valence-corrected chi connectivity index (χ3v) is 4.49. The van der Waals surface area contributed by atoms with Gasteiger partial charge in [0.15, 0.2) is 11.5 Å². The summed E-state index contributed by atoms with van der Waals surface area (Å²) in [5, 5.41) is 6.39. The van der Waals surface area contributed by atoms with E-state index in [1.54, 1.807) is 0 Å². The van der Waals surface area contributed by atoms with Gasteiger partial charge < -0.3 is 20.1 Å². The molecule has 2 aliphatic heterocycles. The van der Waals surface area contributed by atoms with E-state index in [4.69, 9.17) is 9.47 Å². The molecule has 0 spiro atoms. The molecule has 1 aromatic carbocycles. The Hall–Kier alpha value is -1.46. The number of halogens is 1. The lowest BCUT2D eigenvalue weighted by atomic mass is 9.85. The zero-order chi connectivity index (χ0) is 15.4. The third-order valence-electron chi connectivity index (χ3n) is 4.49. The highest BCUT2D eigenvalue weighted by molar-refractivity contribution is 5.93. The van der Waals surface area contributed by atoms with Gasteiger partial charge in [-0.15, -0.1) is 12.4 Å². The fourth-order valence-electron chi connectivity index (χ4n) is 3.20. The molecular formula is C17H25ClN2O3. The minimum atomic E-state index is 0. The summed E-state index contributed by atoms with van der Waals surface area (Å²) in [6.45, 7) is 5.35. The first-order valence-electron chi connectivity index (χ1n) is 8.13. The van der Waals surface area contributed by atoms with E-state index in [1.807, 2.05) is 18.2 Å². The van der Waals surface area contributed by atoms with Gasteiger partial charge in [-0.3, -0.25) is 4.79 Å². The summed E-state index contributed by atoms with van der Waals surface area (Å²) in [6.07, 6.45) is 2.95. The van der Waals surface area contributed by atoms with E-state index in [1.165, 1.54) is 12.8 Å². The van der Waals surface area contributed by atoms with E-state index in [0.717, 1.165) is 13.1 Å². The van der Waals surface area contributed by atoms with Gasteiger partial charge in [-0.05, 0) is 49.9 Å². The lowest BCUT2D eigenvalue weighted by Crippen LogP contribution is -2.34. The van der Waals surface area contributed by atoms with Crippen molar-refractivity contribution in [3.05, 3.63) is 18.2 Å². The molecule has 5 nitrogen and oxygen atoms in total. The van der Waals surface area contributed by atoms with Crippen molar-refractivity contribution in [3.63, 3.8) is 0 Å². The number of nitrogens with one attached hydrogen (secondary N) is 2. The molecule has 1 aromatic rings. The molecule has 1 fully saturated rings. The lowest BCUT2D eigenvalue weighted by Gasteiger charge is -2.28. The van der Waals surface area contributed by atoms with Crippen LogP contribution < -0.4 is 20.1 Å². The Morgan fingerprint density at radius 2 is 2.22 bits per heavy atom. The molecule has 2 heterocycles. The molecule has 2 atom stereocenters. The maximum absolute atomic E-state index is 12.3. The van der Waals surface area contributed by atoms with Gasteiger partial charge in [0, 0.05) is 6.42 Å². The SMILES string of the molecule is CC(CC(=O)Nc1cccc2c1OCCO2)C1CCCNC1.Cl. The highest BCUT2D eigenvalue weighted by Crippen LogP contribution is 2.37. The molecule has 0 radical (unpaired) electrons. The van der Waals surface area contributed by atoms with Gasteiger partial charge in [0.05, 0.1) is 5.69 Å². The average Bonchev–Trinajstić information content (AvgIpc) is 2.56. The van der Waals surface area contributed by atoms with Crippen LogP contribution in [0.4, 0.5) is 5.69 Å². The number of carbonyl (C=O) groups excluding carboxylic acids is 1. The van der Waals surface area contributed by atoms with Crippen molar-refractivity contribution in [1.29, 1.82) is 0 Å². The summed E-state index contributed by atoms with van der Waals surface area (Å²) in [4.78, 5) is 12.3. The second-order valence-corrected chi connectivity index (χ2v) is 6.17. The van der Waals surface area contributed by atoms with Crippen LogP contribution in [-0.4, -0.2) is 32.2 Å². The molecule has 2 N–H and O–H groups in total. The predicted octanol–water partition coefficient (Wildman–Crippen LogP) is 2.84. The number of ether oxygens (including phenoxy) is 2. The number of rotatable bonds is 4. The van der Waals surface area contributed by atoms with Gasteiger partial charge in [-0.25, -0.2) is 0 Å². The maximum atomic E-state index is 12.3. The summed E-state index contributed by atoms with van der Waals surface area (Å²) >= 11 is 0. The molecule has 2 aliphatic rings. The van der Waals surface area contributed by atoms with Crippen molar-refractivity contribution in [2.45, 2.75) is 26.2 Å². The summed E-state index contributed by atoms with van der Waals surface area (Å²) in [7, 11) is 0. The van der Waals surface area contributed by atoms with Gasteiger partial charge >= 0.3 is 0 Å². The second-order valence-electron chi connectivity index (χ2n) is 6.17. The lowest BCUT2D eigenvalue weighted by molar-refractivity contribution is -0.117. The van der Waals surface area contributed by atoms with E-state index in [-0.39, 0.29) is 18.3 Å². The molecule has 0 aromatic heterocycles. The molecule has 3 rings (SSSR count). The number of carbonyl (C=O) groups is 1. The third kappa shape index (κ3) is 4.52. The molecule has 0 aliphatic carbocycles. The monoisotopic (exact) mass is 340 g/mol. The van der Waals surface area contributed by atoms with Crippen molar-refractivity contribution in [2.24, 2.45) is 11.8 Å². The topological polar surface area (TPSA) is 59.6 Å². The smallest absolute Gasteiger partial charge is 0.224 e. The fourth-order valence-corrected chi connectivity index (χ4v) is 3.20. The molecule has 23 heavy (non-hydrogen) atoms. The second kappa shape index (κ2) is 8.41. The largest absolute Gasteiger partial charge is 0.486 e. The average molecular weight is 341 g/mol. The minimum absolute atomic E-state index is 0. The number of piperidine rings is 1. The number of benzene rings is 1. The quantitative estimate of drug-likeness (QED) is 0.884. The molecule has 2 unspecified atom stereocenters. The fraction of sp³-hybridized carbons (Fsp3) is 0.588. The van der Waals surface area contributed by atoms with Crippen LogP contribution in [0.15, 0.2) is 18.2 Å². The van der Waals surface area contributed by atoms with Crippen molar-refractivity contribution in [3.8, 4) is 11.5 Å². The number of anilines is 1. The Kier molecular flexibility index (Phi) is 6.54. The molecule has 0 bridgehead atoms. The van der Waals surface area contributed by atoms with E-state index < -0.39 is 0 Å². The Labute approximate surface area is 143 Å². The first-order chi connectivity index (χ1) is 10.7.